The van der Waals surface area contributed by atoms with Crippen molar-refractivity contribution < 1.29 is 13.7 Å². The number of carbonyl (C=O) groups is 1. The highest BCUT2D eigenvalue weighted by molar-refractivity contribution is 7.98. The second kappa shape index (κ2) is 11.2. The van der Waals surface area contributed by atoms with Crippen LogP contribution in [-0.2, 0) is 22.5 Å². The first-order valence-corrected chi connectivity index (χ1v) is 13.1. The van der Waals surface area contributed by atoms with Gasteiger partial charge in [0.05, 0.1) is 24.5 Å². The van der Waals surface area contributed by atoms with E-state index in [1.165, 1.54) is 5.56 Å². The van der Waals surface area contributed by atoms with Crippen LogP contribution in [0.1, 0.15) is 50.8 Å². The Morgan fingerprint density at radius 2 is 2.06 bits per heavy atom. The zero-order valence-electron chi connectivity index (χ0n) is 20.3. The summed E-state index contributed by atoms with van der Waals surface area (Å²) in [5.74, 6) is 3.98. The molecule has 1 atom stereocenters. The Balaban J connectivity index is 1.23. The van der Waals surface area contributed by atoms with E-state index in [1.54, 1.807) is 18.0 Å². The predicted octanol–water partition coefficient (Wildman–Crippen LogP) is 4.89. The van der Waals surface area contributed by atoms with Crippen LogP contribution in [0, 0.1) is 5.92 Å². The van der Waals surface area contributed by atoms with Crippen LogP contribution in [0.25, 0.3) is 11.4 Å². The number of thioether (sulfide) groups is 1. The van der Waals surface area contributed by atoms with Gasteiger partial charge in [0.2, 0.25) is 17.6 Å². The molecule has 0 bridgehead atoms. The van der Waals surface area contributed by atoms with E-state index in [9.17, 15) is 4.79 Å². The Hall–Kier alpha value is -2.58. The van der Waals surface area contributed by atoms with E-state index in [0.717, 1.165) is 42.2 Å². The van der Waals surface area contributed by atoms with Crippen LogP contribution in [0.3, 0.4) is 0 Å². The highest BCUT2D eigenvalue weighted by Gasteiger charge is 2.26. The molecule has 1 fully saturated rings. The number of furan rings is 1. The van der Waals surface area contributed by atoms with Gasteiger partial charge in [-0.05, 0) is 42.5 Å². The van der Waals surface area contributed by atoms with E-state index in [0.29, 0.717) is 31.3 Å². The molecule has 3 aromatic rings. The largest absolute Gasteiger partial charge is 0.468 e. The van der Waals surface area contributed by atoms with Crippen molar-refractivity contribution in [3.63, 3.8) is 0 Å². The number of nitrogens with one attached hydrogen (secondary N) is 1. The molecule has 0 saturated carbocycles. The van der Waals surface area contributed by atoms with E-state index in [4.69, 9.17) is 8.94 Å². The van der Waals surface area contributed by atoms with E-state index in [-0.39, 0.29) is 17.2 Å². The minimum atomic E-state index is -0.00356. The van der Waals surface area contributed by atoms with Gasteiger partial charge in [-0.2, -0.15) is 16.7 Å². The average Bonchev–Trinajstić information content (AvgIpc) is 3.51. The van der Waals surface area contributed by atoms with Crippen LogP contribution in [0.5, 0.6) is 0 Å². The van der Waals surface area contributed by atoms with Gasteiger partial charge in [-0.15, -0.1) is 0 Å². The maximum Gasteiger partial charge on any atom is 0.241 e. The number of rotatable bonds is 9. The molecule has 1 aliphatic heterocycles. The van der Waals surface area contributed by atoms with Gasteiger partial charge in [-0.25, -0.2) is 0 Å². The summed E-state index contributed by atoms with van der Waals surface area (Å²) in [6, 6.07) is 12.2. The first-order valence-electron chi connectivity index (χ1n) is 11.9. The molecule has 8 heteroatoms. The lowest BCUT2D eigenvalue weighted by atomic mass is 9.87. The summed E-state index contributed by atoms with van der Waals surface area (Å²) in [6.07, 6.45) is 3.59. The van der Waals surface area contributed by atoms with E-state index < -0.39 is 0 Å². The lowest BCUT2D eigenvalue weighted by Gasteiger charge is -2.30. The van der Waals surface area contributed by atoms with Crippen LogP contribution >= 0.6 is 11.8 Å². The number of aromatic nitrogens is 2. The van der Waals surface area contributed by atoms with E-state index >= 15 is 0 Å². The molecule has 1 aromatic carbocycles. The number of hydrogen-bond donors (Lipinski definition) is 1. The summed E-state index contributed by atoms with van der Waals surface area (Å²) in [4.78, 5) is 19.5. The maximum absolute atomic E-state index is 12.7. The topological polar surface area (TPSA) is 84.4 Å². The average molecular weight is 483 g/mol. The fraction of sp³-hybridized carbons (Fsp3) is 0.500. The highest BCUT2D eigenvalue weighted by atomic mass is 32.2. The van der Waals surface area contributed by atoms with Gasteiger partial charge >= 0.3 is 0 Å². The zero-order chi connectivity index (χ0) is 24.0. The normalized spacial score (nSPS) is 17.1. The van der Waals surface area contributed by atoms with Crippen LogP contribution in [0.15, 0.2) is 51.6 Å². The Morgan fingerprint density at radius 3 is 2.79 bits per heavy atom. The third kappa shape index (κ3) is 6.73. The molecular weight excluding hydrogens is 448 g/mol. The number of benzene rings is 1. The van der Waals surface area contributed by atoms with Crippen LogP contribution in [-0.4, -0.2) is 46.3 Å². The lowest BCUT2D eigenvalue weighted by Crippen LogP contribution is -2.43. The first-order chi connectivity index (χ1) is 16.4. The summed E-state index contributed by atoms with van der Waals surface area (Å²) < 4.78 is 10.9. The van der Waals surface area contributed by atoms with Gasteiger partial charge in [-0.1, -0.05) is 50.2 Å². The van der Waals surface area contributed by atoms with Gasteiger partial charge in [-0.3, -0.25) is 9.69 Å². The third-order valence-corrected chi connectivity index (χ3v) is 7.06. The van der Waals surface area contributed by atoms with Crippen LogP contribution < -0.4 is 5.32 Å². The quantitative estimate of drug-likeness (QED) is 0.435. The molecule has 1 aliphatic rings. The number of hydrogen-bond acceptors (Lipinski definition) is 7. The fourth-order valence-corrected chi connectivity index (χ4v) is 4.87. The molecule has 1 N–H and O–H groups in total. The molecule has 4 rings (SSSR count). The molecular formula is C26H34N4O3S. The second-order valence-electron chi connectivity index (χ2n) is 9.84. The molecule has 0 spiro atoms. The third-order valence-electron chi connectivity index (χ3n) is 6.08. The number of nitrogens with zero attached hydrogens (tertiary/aromatic N) is 3. The maximum atomic E-state index is 12.7. The fourth-order valence-electron chi connectivity index (χ4n) is 4.12. The van der Waals surface area contributed by atoms with Crippen LogP contribution in [0.4, 0.5) is 0 Å². The molecule has 1 unspecified atom stereocenters. The molecule has 34 heavy (non-hydrogen) atoms. The monoisotopic (exact) mass is 482 g/mol. The van der Waals surface area contributed by atoms with Crippen LogP contribution in [0.2, 0.25) is 0 Å². The number of amides is 1. The summed E-state index contributed by atoms with van der Waals surface area (Å²) in [6.45, 7) is 9.47. The van der Waals surface area contributed by atoms with Crippen molar-refractivity contribution in [1.29, 1.82) is 0 Å². The lowest BCUT2D eigenvalue weighted by molar-refractivity contribution is -0.126. The molecule has 0 aliphatic carbocycles. The number of piperidine rings is 1. The number of likely N-dealkylation sites (tertiary alicyclic amines) is 1. The van der Waals surface area contributed by atoms with Crippen molar-refractivity contribution in [2.45, 2.75) is 51.3 Å². The SMILES string of the molecule is CC(C)(C)c1ccc(-c2noc(CN3CCCC(C(=O)NCCSCc4ccco4)C3)n2)cc1. The molecule has 7 nitrogen and oxygen atoms in total. The van der Waals surface area contributed by atoms with Crippen molar-refractivity contribution >= 4 is 17.7 Å². The molecule has 0 radical (unpaired) electrons. The summed E-state index contributed by atoms with van der Waals surface area (Å²) in [5.41, 5.74) is 2.33. The standard InChI is InChI=1S/C26H34N4O3S/c1-26(2,3)21-10-8-19(9-11-21)24-28-23(33-29-24)17-30-13-4-6-20(16-30)25(31)27-12-15-34-18-22-7-5-14-32-22/h5,7-11,14,20H,4,6,12-13,15-18H2,1-3H3,(H,27,31). The summed E-state index contributed by atoms with van der Waals surface area (Å²) >= 11 is 1.76. The molecule has 3 heterocycles. The summed E-state index contributed by atoms with van der Waals surface area (Å²) in [7, 11) is 0. The molecule has 1 amide bonds. The molecule has 2 aromatic heterocycles. The van der Waals surface area contributed by atoms with Gasteiger partial charge < -0.3 is 14.3 Å². The van der Waals surface area contributed by atoms with E-state index in [2.05, 4.69) is 53.3 Å². The van der Waals surface area contributed by atoms with Gasteiger partial charge in [0.15, 0.2) is 0 Å². The summed E-state index contributed by atoms with van der Waals surface area (Å²) in [5, 5.41) is 7.26. The van der Waals surface area contributed by atoms with Crippen molar-refractivity contribution in [3.05, 3.63) is 59.9 Å². The Kier molecular flexibility index (Phi) is 8.11. The number of carbonyl (C=O) groups excluding carboxylic acids is 1. The van der Waals surface area contributed by atoms with Gasteiger partial charge in [0, 0.05) is 24.4 Å². The van der Waals surface area contributed by atoms with Crippen molar-refractivity contribution in [2.24, 2.45) is 5.92 Å². The molecule has 1 saturated heterocycles. The van der Waals surface area contributed by atoms with Gasteiger partial charge in [0.1, 0.15) is 5.76 Å². The highest BCUT2D eigenvalue weighted by Crippen LogP contribution is 2.25. The van der Waals surface area contributed by atoms with Crippen molar-refractivity contribution in [3.8, 4) is 11.4 Å². The van der Waals surface area contributed by atoms with Gasteiger partial charge in [0.25, 0.3) is 0 Å². The minimum absolute atomic E-state index is 0.00356. The Bertz CT molecular complexity index is 1040. The zero-order valence-corrected chi connectivity index (χ0v) is 21.1. The van der Waals surface area contributed by atoms with E-state index in [1.807, 2.05) is 24.3 Å². The Morgan fingerprint density at radius 1 is 1.24 bits per heavy atom. The first kappa shape index (κ1) is 24.5. The molecule has 182 valence electrons. The smallest absolute Gasteiger partial charge is 0.241 e. The predicted molar refractivity (Wildman–Crippen MR) is 134 cm³/mol. The Labute approximate surface area is 205 Å². The minimum Gasteiger partial charge on any atom is -0.468 e. The second-order valence-corrected chi connectivity index (χ2v) is 10.9. The van der Waals surface area contributed by atoms with Crippen molar-refractivity contribution in [2.75, 3.05) is 25.4 Å². The van der Waals surface area contributed by atoms with Crippen molar-refractivity contribution in [1.82, 2.24) is 20.4 Å².